The van der Waals surface area contributed by atoms with Crippen molar-refractivity contribution in [1.29, 1.82) is 0 Å². The molecular weight excluding hydrogens is 218 g/mol. The van der Waals surface area contributed by atoms with E-state index in [0.29, 0.717) is 23.7 Å². The first kappa shape index (κ1) is 12.0. The zero-order chi connectivity index (χ0) is 11.4. The van der Waals surface area contributed by atoms with Gasteiger partial charge in [-0.1, -0.05) is 0 Å². The predicted octanol–water partition coefficient (Wildman–Crippen LogP) is 0.564. The molecule has 0 saturated heterocycles. The van der Waals surface area contributed by atoms with Crippen LogP contribution in [0.2, 0.25) is 0 Å². The molecular formula is C8H13N3O3S. The molecule has 1 aromatic rings. The number of aryl methyl sites for hydroxylation is 2. The second-order valence-corrected chi connectivity index (χ2v) is 3.48. The third kappa shape index (κ3) is 2.48. The summed E-state index contributed by atoms with van der Waals surface area (Å²) in [6.07, 6.45) is 0.457. The van der Waals surface area contributed by atoms with Crippen molar-refractivity contribution in [1.82, 2.24) is 9.55 Å². The van der Waals surface area contributed by atoms with E-state index in [4.69, 9.17) is 5.11 Å². The Balaban J connectivity index is 3.18. The minimum absolute atomic E-state index is 0.0319. The van der Waals surface area contributed by atoms with Gasteiger partial charge in [-0.25, -0.2) is 9.55 Å². The third-order valence-electron chi connectivity index (χ3n) is 2.05. The number of thiol groups is 1. The van der Waals surface area contributed by atoms with E-state index in [1.807, 2.05) is 0 Å². The molecule has 0 bridgehead atoms. The molecule has 0 amide bonds. The number of rotatable bonds is 5. The normalized spacial score (nSPS) is 10.6. The smallest absolute Gasteiger partial charge is 0.346 e. The number of hydrogen-bond donors (Lipinski definition) is 2. The highest BCUT2D eigenvalue weighted by atomic mass is 32.1. The van der Waals surface area contributed by atoms with Gasteiger partial charge in [0.2, 0.25) is 0 Å². The Kier molecular flexibility index (Phi) is 4.10. The van der Waals surface area contributed by atoms with Gasteiger partial charge in [0, 0.05) is 13.3 Å². The second kappa shape index (κ2) is 5.13. The summed E-state index contributed by atoms with van der Waals surface area (Å²) in [7, 11) is 0. The van der Waals surface area contributed by atoms with Crippen molar-refractivity contribution in [3.8, 4) is 0 Å². The lowest BCUT2D eigenvalue weighted by molar-refractivity contribution is -0.393. The van der Waals surface area contributed by atoms with Gasteiger partial charge in [-0.2, -0.15) is 12.6 Å². The van der Waals surface area contributed by atoms with Gasteiger partial charge in [-0.3, -0.25) is 0 Å². The molecule has 1 N–H and O–H groups in total. The standard InChI is InChI=1S/C8H13N3O3S/c1-6-9-7(2-5-15)8(11(13)14)10(6)3-4-12/h12,15H,2-5H2,1H3. The van der Waals surface area contributed by atoms with E-state index in [1.165, 1.54) is 4.57 Å². The first-order valence-corrected chi connectivity index (χ1v) is 5.17. The Bertz CT molecular complexity index is 364. The SMILES string of the molecule is Cc1nc(CCS)c([N+](=O)[O-])n1CCO. The quantitative estimate of drug-likeness (QED) is 0.441. The number of nitro groups is 1. The summed E-state index contributed by atoms with van der Waals surface area (Å²) in [5.74, 6) is 1.03. The van der Waals surface area contributed by atoms with Crippen LogP contribution in [0, 0.1) is 17.0 Å². The highest BCUT2D eigenvalue weighted by Gasteiger charge is 2.23. The fourth-order valence-corrected chi connectivity index (χ4v) is 1.67. The fraction of sp³-hybridized carbons (Fsp3) is 0.625. The number of nitrogens with zero attached hydrogens (tertiary/aromatic N) is 3. The Labute approximate surface area is 92.5 Å². The second-order valence-electron chi connectivity index (χ2n) is 3.04. The van der Waals surface area contributed by atoms with Gasteiger partial charge in [-0.15, -0.1) is 0 Å². The first-order chi connectivity index (χ1) is 7.11. The van der Waals surface area contributed by atoms with Crippen LogP contribution in [0.4, 0.5) is 5.82 Å². The molecule has 0 saturated carbocycles. The molecule has 15 heavy (non-hydrogen) atoms. The number of aliphatic hydroxyl groups is 1. The molecule has 0 atom stereocenters. The zero-order valence-corrected chi connectivity index (χ0v) is 9.28. The fourth-order valence-electron chi connectivity index (χ4n) is 1.46. The van der Waals surface area contributed by atoms with Crippen molar-refractivity contribution in [2.45, 2.75) is 19.9 Å². The summed E-state index contributed by atoms with van der Waals surface area (Å²) >= 11 is 4.02. The molecule has 0 spiro atoms. The molecule has 6 nitrogen and oxygen atoms in total. The number of imidazole rings is 1. The molecule has 0 aromatic carbocycles. The summed E-state index contributed by atoms with van der Waals surface area (Å²) in [6.45, 7) is 1.74. The van der Waals surface area contributed by atoms with Crippen LogP contribution in [-0.4, -0.2) is 31.9 Å². The van der Waals surface area contributed by atoms with E-state index in [2.05, 4.69) is 17.6 Å². The maximum Gasteiger partial charge on any atom is 0.346 e. The maximum absolute atomic E-state index is 10.8. The Morgan fingerprint density at radius 3 is 2.80 bits per heavy atom. The lowest BCUT2D eigenvalue weighted by Crippen LogP contribution is -2.08. The van der Waals surface area contributed by atoms with E-state index < -0.39 is 4.92 Å². The molecule has 0 radical (unpaired) electrons. The average Bonchev–Trinajstić information content (AvgIpc) is 2.44. The van der Waals surface area contributed by atoms with E-state index >= 15 is 0 Å². The lowest BCUT2D eigenvalue weighted by atomic mass is 10.3. The van der Waals surface area contributed by atoms with Crippen molar-refractivity contribution in [2.75, 3.05) is 12.4 Å². The monoisotopic (exact) mass is 231 g/mol. The molecule has 0 aliphatic rings. The topological polar surface area (TPSA) is 81.2 Å². The van der Waals surface area contributed by atoms with Crippen LogP contribution in [-0.2, 0) is 13.0 Å². The molecule has 0 aliphatic carbocycles. The summed E-state index contributed by atoms with van der Waals surface area (Å²) in [5.41, 5.74) is 0.431. The van der Waals surface area contributed by atoms with E-state index in [1.54, 1.807) is 6.92 Å². The summed E-state index contributed by atoms with van der Waals surface area (Å²) < 4.78 is 1.42. The van der Waals surface area contributed by atoms with E-state index in [0.717, 1.165) is 0 Å². The molecule has 84 valence electrons. The van der Waals surface area contributed by atoms with Gasteiger partial charge in [0.1, 0.15) is 12.2 Å². The molecule has 1 heterocycles. The molecule has 1 aromatic heterocycles. The Morgan fingerprint density at radius 2 is 2.33 bits per heavy atom. The summed E-state index contributed by atoms with van der Waals surface area (Å²) in [6, 6.07) is 0. The van der Waals surface area contributed by atoms with E-state index in [9.17, 15) is 10.1 Å². The van der Waals surface area contributed by atoms with Crippen molar-refractivity contribution in [3.05, 3.63) is 21.6 Å². The number of aromatic nitrogens is 2. The van der Waals surface area contributed by atoms with Crippen LogP contribution < -0.4 is 0 Å². The molecule has 0 fully saturated rings. The van der Waals surface area contributed by atoms with Gasteiger partial charge in [0.05, 0.1) is 6.61 Å². The van der Waals surface area contributed by atoms with Crippen LogP contribution in [0.3, 0.4) is 0 Å². The molecule has 1 rings (SSSR count). The van der Waals surface area contributed by atoms with Crippen molar-refractivity contribution >= 4 is 18.4 Å². The van der Waals surface area contributed by atoms with Crippen LogP contribution in [0.15, 0.2) is 0 Å². The summed E-state index contributed by atoms with van der Waals surface area (Å²) in [4.78, 5) is 14.5. The molecule has 7 heteroatoms. The lowest BCUT2D eigenvalue weighted by Gasteiger charge is -2.00. The Morgan fingerprint density at radius 1 is 1.67 bits per heavy atom. The highest BCUT2D eigenvalue weighted by Crippen LogP contribution is 2.20. The maximum atomic E-state index is 10.8. The summed E-state index contributed by atoms with van der Waals surface area (Å²) in [5, 5.41) is 19.6. The largest absolute Gasteiger partial charge is 0.392 e. The first-order valence-electron chi connectivity index (χ1n) is 4.54. The minimum Gasteiger partial charge on any atom is -0.392 e. The van der Waals surface area contributed by atoms with Crippen LogP contribution in [0.5, 0.6) is 0 Å². The highest BCUT2D eigenvalue weighted by molar-refractivity contribution is 7.80. The van der Waals surface area contributed by atoms with Gasteiger partial charge in [-0.05, 0) is 10.7 Å². The average molecular weight is 231 g/mol. The van der Waals surface area contributed by atoms with Crippen LogP contribution in [0.25, 0.3) is 0 Å². The molecule has 0 unspecified atom stereocenters. The van der Waals surface area contributed by atoms with Crippen molar-refractivity contribution < 1.29 is 10.0 Å². The molecule has 0 aliphatic heterocycles. The van der Waals surface area contributed by atoms with Gasteiger partial charge in [0.15, 0.2) is 5.82 Å². The van der Waals surface area contributed by atoms with Crippen LogP contribution >= 0.6 is 12.6 Å². The van der Waals surface area contributed by atoms with Crippen molar-refractivity contribution in [3.63, 3.8) is 0 Å². The number of hydrogen-bond acceptors (Lipinski definition) is 5. The van der Waals surface area contributed by atoms with Crippen LogP contribution in [0.1, 0.15) is 11.5 Å². The number of aliphatic hydroxyl groups excluding tert-OH is 1. The van der Waals surface area contributed by atoms with E-state index in [-0.39, 0.29) is 19.0 Å². The third-order valence-corrected chi connectivity index (χ3v) is 2.27. The van der Waals surface area contributed by atoms with Crippen molar-refractivity contribution in [2.24, 2.45) is 0 Å². The van der Waals surface area contributed by atoms with Gasteiger partial charge < -0.3 is 15.2 Å². The predicted molar refractivity (Wildman–Crippen MR) is 58.3 cm³/mol. The zero-order valence-electron chi connectivity index (χ0n) is 8.38. The van der Waals surface area contributed by atoms with Gasteiger partial charge >= 0.3 is 5.82 Å². The van der Waals surface area contributed by atoms with Gasteiger partial charge in [0.25, 0.3) is 0 Å². The minimum atomic E-state index is -0.464. The Hall–Kier alpha value is -1.08.